The van der Waals surface area contributed by atoms with Crippen molar-refractivity contribution in [2.75, 3.05) is 7.11 Å². The van der Waals surface area contributed by atoms with Gasteiger partial charge in [0.2, 0.25) is 0 Å². The molecule has 0 amide bonds. The fourth-order valence-corrected chi connectivity index (χ4v) is 3.93. The van der Waals surface area contributed by atoms with Gasteiger partial charge in [0, 0.05) is 23.3 Å². The molecule has 3 atom stereocenters. The van der Waals surface area contributed by atoms with Crippen LogP contribution in [0.25, 0.3) is 0 Å². The largest absolute Gasteiger partial charge is 0.496 e. The predicted molar refractivity (Wildman–Crippen MR) is 75.8 cm³/mol. The number of rotatable bonds is 2. The number of methoxy groups -OCH3 is 1. The van der Waals surface area contributed by atoms with Gasteiger partial charge in [-0.1, -0.05) is 25.1 Å². The highest BCUT2D eigenvalue weighted by atomic mass is 16.5. The summed E-state index contributed by atoms with van der Waals surface area (Å²) in [5, 5.41) is 0. The van der Waals surface area contributed by atoms with Crippen molar-refractivity contribution in [1.82, 2.24) is 0 Å². The molecule has 0 aromatic heterocycles. The van der Waals surface area contributed by atoms with Gasteiger partial charge in [0.05, 0.1) is 12.5 Å². The molecule has 2 fully saturated rings. The Hall–Kier alpha value is -1.64. The summed E-state index contributed by atoms with van der Waals surface area (Å²) in [6.07, 6.45) is 1.88. The summed E-state index contributed by atoms with van der Waals surface area (Å²) in [5.74, 6) is 0.851. The van der Waals surface area contributed by atoms with Crippen molar-refractivity contribution >= 4 is 11.6 Å². The Kier molecular flexibility index (Phi) is 2.79. The average molecular weight is 272 g/mol. The lowest BCUT2D eigenvalue weighted by molar-refractivity contribution is -0.138. The second-order valence-corrected chi connectivity index (χ2v) is 6.49. The standard InChI is InChI=1S/C17H20O3/c1-16(11-6-4-5-7-13(11)20-3)8-9-17(2)14(18)10-12(16)15(17)19/h4-7,12H,8-10H2,1-3H3/t12-,16+,17+/m0/s1. The van der Waals surface area contributed by atoms with E-state index >= 15 is 0 Å². The SMILES string of the molecule is COc1ccccc1[C@@]1(C)CC[C@]2(C)C(=O)C[C@H]1C2=O. The highest BCUT2D eigenvalue weighted by molar-refractivity contribution is 6.15. The van der Waals surface area contributed by atoms with Gasteiger partial charge in [-0.15, -0.1) is 0 Å². The summed E-state index contributed by atoms with van der Waals surface area (Å²) in [7, 11) is 1.65. The van der Waals surface area contributed by atoms with Crippen LogP contribution < -0.4 is 4.74 Å². The van der Waals surface area contributed by atoms with Crippen LogP contribution in [0.2, 0.25) is 0 Å². The molecule has 20 heavy (non-hydrogen) atoms. The first-order valence-electron chi connectivity index (χ1n) is 7.14. The number of ether oxygens (including phenoxy) is 1. The molecule has 0 heterocycles. The zero-order valence-electron chi connectivity index (χ0n) is 12.2. The molecule has 0 saturated heterocycles. The Morgan fingerprint density at radius 2 is 1.85 bits per heavy atom. The zero-order valence-corrected chi connectivity index (χ0v) is 12.2. The van der Waals surface area contributed by atoms with Gasteiger partial charge in [0.15, 0.2) is 5.78 Å². The van der Waals surface area contributed by atoms with E-state index in [9.17, 15) is 9.59 Å². The summed E-state index contributed by atoms with van der Waals surface area (Å²) in [4.78, 5) is 24.9. The maximum Gasteiger partial charge on any atom is 0.150 e. The Bertz CT molecular complexity index is 592. The van der Waals surface area contributed by atoms with Gasteiger partial charge in [-0.2, -0.15) is 0 Å². The van der Waals surface area contributed by atoms with Crippen molar-refractivity contribution in [3.05, 3.63) is 29.8 Å². The molecule has 2 saturated carbocycles. The molecule has 2 aliphatic carbocycles. The smallest absolute Gasteiger partial charge is 0.150 e. The van der Waals surface area contributed by atoms with Gasteiger partial charge in [-0.3, -0.25) is 9.59 Å². The molecule has 0 radical (unpaired) electrons. The van der Waals surface area contributed by atoms with Crippen LogP contribution in [0, 0.1) is 11.3 Å². The van der Waals surface area contributed by atoms with Crippen molar-refractivity contribution in [2.45, 2.75) is 38.5 Å². The molecule has 3 rings (SSSR count). The molecule has 2 aliphatic rings. The minimum absolute atomic E-state index is 0.117. The first-order valence-corrected chi connectivity index (χ1v) is 7.14. The van der Waals surface area contributed by atoms with Crippen molar-refractivity contribution < 1.29 is 14.3 Å². The minimum Gasteiger partial charge on any atom is -0.496 e. The van der Waals surface area contributed by atoms with E-state index in [1.807, 2.05) is 31.2 Å². The summed E-state index contributed by atoms with van der Waals surface area (Å²) in [5.41, 5.74) is 0.0271. The van der Waals surface area contributed by atoms with Crippen molar-refractivity contribution in [3.63, 3.8) is 0 Å². The molecule has 2 bridgehead atoms. The number of benzene rings is 1. The number of carbonyl (C=O) groups is 2. The number of hydrogen-bond donors (Lipinski definition) is 0. The lowest BCUT2D eigenvalue weighted by atomic mass is 9.60. The summed E-state index contributed by atoms with van der Waals surface area (Å²) >= 11 is 0. The van der Waals surface area contributed by atoms with Crippen LogP contribution in [0.4, 0.5) is 0 Å². The van der Waals surface area contributed by atoms with Crippen LogP contribution in [0.1, 0.15) is 38.7 Å². The second-order valence-electron chi connectivity index (χ2n) is 6.49. The molecular weight excluding hydrogens is 252 g/mol. The van der Waals surface area contributed by atoms with E-state index in [4.69, 9.17) is 4.74 Å². The third kappa shape index (κ3) is 1.52. The van der Waals surface area contributed by atoms with E-state index in [1.54, 1.807) is 7.11 Å². The monoisotopic (exact) mass is 272 g/mol. The van der Waals surface area contributed by atoms with Gasteiger partial charge >= 0.3 is 0 Å². The topological polar surface area (TPSA) is 43.4 Å². The highest BCUT2D eigenvalue weighted by Crippen LogP contribution is 2.56. The molecule has 3 nitrogen and oxygen atoms in total. The highest BCUT2D eigenvalue weighted by Gasteiger charge is 2.61. The van der Waals surface area contributed by atoms with Crippen LogP contribution in [-0.4, -0.2) is 18.7 Å². The van der Waals surface area contributed by atoms with E-state index in [2.05, 4.69) is 6.92 Å². The molecule has 1 aromatic rings. The first kappa shape index (κ1) is 13.3. The van der Waals surface area contributed by atoms with Crippen molar-refractivity contribution in [1.29, 1.82) is 0 Å². The van der Waals surface area contributed by atoms with Crippen LogP contribution in [0.3, 0.4) is 0 Å². The Morgan fingerprint density at radius 3 is 2.55 bits per heavy atom. The van der Waals surface area contributed by atoms with E-state index in [0.717, 1.165) is 17.7 Å². The number of fused-ring (bicyclic) bond motifs is 2. The number of para-hydroxylation sites is 1. The molecule has 0 unspecified atom stereocenters. The van der Waals surface area contributed by atoms with Crippen LogP contribution >= 0.6 is 0 Å². The first-order chi connectivity index (χ1) is 9.43. The molecule has 3 heteroatoms. The molecular formula is C17H20O3. The number of hydrogen-bond acceptors (Lipinski definition) is 3. The van der Waals surface area contributed by atoms with Gasteiger partial charge in [0.25, 0.3) is 0 Å². The Labute approximate surface area is 119 Å². The Balaban J connectivity index is 2.10. The molecule has 106 valence electrons. The maximum atomic E-state index is 12.6. The lowest BCUT2D eigenvalue weighted by Crippen LogP contribution is -2.45. The fraction of sp³-hybridized carbons (Fsp3) is 0.529. The van der Waals surface area contributed by atoms with Gasteiger partial charge < -0.3 is 4.74 Å². The van der Waals surface area contributed by atoms with Crippen molar-refractivity contribution in [2.24, 2.45) is 11.3 Å². The molecule has 0 N–H and O–H groups in total. The van der Waals surface area contributed by atoms with E-state index in [1.165, 1.54) is 0 Å². The van der Waals surface area contributed by atoms with Crippen molar-refractivity contribution in [3.8, 4) is 5.75 Å². The molecule has 1 aromatic carbocycles. The molecule has 0 spiro atoms. The molecule has 0 aliphatic heterocycles. The normalized spacial score (nSPS) is 36.2. The maximum absolute atomic E-state index is 12.6. The van der Waals surface area contributed by atoms with Crippen LogP contribution in [0.15, 0.2) is 24.3 Å². The third-order valence-corrected chi connectivity index (χ3v) is 5.50. The van der Waals surface area contributed by atoms with E-state index < -0.39 is 5.41 Å². The summed E-state index contributed by atoms with van der Waals surface area (Å²) in [6.45, 7) is 3.92. The van der Waals surface area contributed by atoms with Crippen LogP contribution in [-0.2, 0) is 15.0 Å². The zero-order chi connectivity index (χ0) is 14.5. The van der Waals surface area contributed by atoms with Gasteiger partial charge in [0.1, 0.15) is 11.5 Å². The average Bonchev–Trinajstić information content (AvgIpc) is 2.62. The van der Waals surface area contributed by atoms with Gasteiger partial charge in [-0.25, -0.2) is 0 Å². The third-order valence-electron chi connectivity index (χ3n) is 5.50. The van der Waals surface area contributed by atoms with E-state index in [-0.39, 0.29) is 22.9 Å². The van der Waals surface area contributed by atoms with Crippen LogP contribution in [0.5, 0.6) is 5.75 Å². The number of ketones is 2. The van der Waals surface area contributed by atoms with E-state index in [0.29, 0.717) is 12.8 Å². The summed E-state index contributed by atoms with van der Waals surface area (Å²) in [6, 6.07) is 7.85. The Morgan fingerprint density at radius 1 is 1.15 bits per heavy atom. The number of Topliss-reactive ketones (excluding diaryl/α,β-unsaturated/α-hetero) is 2. The summed E-state index contributed by atoms with van der Waals surface area (Å²) < 4.78 is 5.46. The lowest BCUT2D eigenvalue weighted by Gasteiger charge is -2.41. The number of carbonyl (C=O) groups excluding carboxylic acids is 2. The fourth-order valence-electron chi connectivity index (χ4n) is 3.93. The van der Waals surface area contributed by atoms with Gasteiger partial charge in [-0.05, 0) is 25.8 Å². The second kappa shape index (κ2) is 4.18. The quantitative estimate of drug-likeness (QED) is 0.777. The minimum atomic E-state index is -0.730. The predicted octanol–water partition coefficient (Wildman–Crippen LogP) is 2.91.